The van der Waals surface area contributed by atoms with Crippen LogP contribution >= 0.6 is 0 Å². The van der Waals surface area contributed by atoms with E-state index in [0.29, 0.717) is 31.5 Å². The number of rotatable bonds is 3. The molecule has 1 aliphatic heterocycles. The Kier molecular flexibility index (Phi) is 5.39. The first-order chi connectivity index (χ1) is 12.6. The SMILES string of the molecule is CC(C)C1(C(=O)N2CC=C(c3ccccc3C(F)(F)F)CC2)CCC(N)C1. The zero-order valence-electron chi connectivity index (χ0n) is 15.9. The summed E-state index contributed by atoms with van der Waals surface area (Å²) < 4.78 is 39.9. The molecular weight excluding hydrogens is 353 g/mol. The zero-order chi connectivity index (χ0) is 19.8. The van der Waals surface area contributed by atoms with Gasteiger partial charge in [-0.3, -0.25) is 4.79 Å². The van der Waals surface area contributed by atoms with Crippen molar-refractivity contribution in [3.63, 3.8) is 0 Å². The third-order valence-corrected chi connectivity index (χ3v) is 6.19. The van der Waals surface area contributed by atoms with Crippen molar-refractivity contribution in [2.45, 2.75) is 51.7 Å². The summed E-state index contributed by atoms with van der Waals surface area (Å²) >= 11 is 0. The first-order valence-electron chi connectivity index (χ1n) is 9.56. The Morgan fingerprint density at radius 3 is 2.52 bits per heavy atom. The maximum absolute atomic E-state index is 13.3. The monoisotopic (exact) mass is 380 g/mol. The predicted molar refractivity (Wildman–Crippen MR) is 99.7 cm³/mol. The predicted octanol–water partition coefficient (Wildman–Crippen LogP) is 4.47. The second-order valence-corrected chi connectivity index (χ2v) is 8.09. The lowest BCUT2D eigenvalue weighted by Gasteiger charge is -2.39. The Balaban J connectivity index is 1.81. The number of nitrogens with two attached hydrogens (primary N) is 1. The van der Waals surface area contributed by atoms with Gasteiger partial charge in [0.2, 0.25) is 5.91 Å². The number of carbonyl (C=O) groups excluding carboxylic acids is 1. The first kappa shape index (κ1) is 19.9. The van der Waals surface area contributed by atoms with Crippen LogP contribution in [-0.2, 0) is 11.0 Å². The largest absolute Gasteiger partial charge is 0.416 e. The molecule has 3 nitrogen and oxygen atoms in total. The van der Waals surface area contributed by atoms with E-state index in [0.717, 1.165) is 18.9 Å². The minimum Gasteiger partial charge on any atom is -0.338 e. The fraction of sp³-hybridized carbons (Fsp3) is 0.571. The van der Waals surface area contributed by atoms with Crippen LogP contribution in [0.15, 0.2) is 30.3 Å². The van der Waals surface area contributed by atoms with Crippen molar-refractivity contribution in [1.29, 1.82) is 0 Å². The fourth-order valence-electron chi connectivity index (χ4n) is 4.50. The number of hydrogen-bond acceptors (Lipinski definition) is 2. The van der Waals surface area contributed by atoms with Crippen molar-refractivity contribution in [1.82, 2.24) is 4.90 Å². The van der Waals surface area contributed by atoms with Crippen molar-refractivity contribution in [3.05, 3.63) is 41.5 Å². The summed E-state index contributed by atoms with van der Waals surface area (Å²) in [6.07, 6.45) is 0.139. The smallest absolute Gasteiger partial charge is 0.338 e. The molecule has 1 aliphatic carbocycles. The molecule has 1 fully saturated rings. The number of carbonyl (C=O) groups is 1. The summed E-state index contributed by atoms with van der Waals surface area (Å²) in [6.45, 7) is 4.91. The normalized spacial score (nSPS) is 26.4. The third kappa shape index (κ3) is 3.77. The van der Waals surface area contributed by atoms with E-state index in [1.165, 1.54) is 12.1 Å². The minimum atomic E-state index is -4.38. The van der Waals surface area contributed by atoms with Crippen molar-refractivity contribution in [3.8, 4) is 0 Å². The van der Waals surface area contributed by atoms with Crippen LogP contribution in [0.3, 0.4) is 0 Å². The van der Waals surface area contributed by atoms with Gasteiger partial charge in [-0.05, 0) is 48.8 Å². The van der Waals surface area contributed by atoms with Gasteiger partial charge in [0.1, 0.15) is 0 Å². The molecule has 0 spiro atoms. The van der Waals surface area contributed by atoms with Crippen molar-refractivity contribution in [2.75, 3.05) is 13.1 Å². The molecule has 0 radical (unpaired) electrons. The van der Waals surface area contributed by atoms with Crippen LogP contribution in [0.5, 0.6) is 0 Å². The van der Waals surface area contributed by atoms with Gasteiger partial charge in [-0.25, -0.2) is 0 Å². The number of nitrogens with zero attached hydrogens (tertiary/aromatic N) is 1. The maximum Gasteiger partial charge on any atom is 0.416 e. The van der Waals surface area contributed by atoms with Crippen molar-refractivity contribution < 1.29 is 18.0 Å². The quantitative estimate of drug-likeness (QED) is 0.841. The minimum absolute atomic E-state index is 0.0471. The molecule has 1 saturated carbocycles. The standard InChI is InChI=1S/C21H27F3N2O/c1-14(2)20(10-7-16(25)13-20)19(27)26-11-8-15(9-12-26)17-5-3-4-6-18(17)21(22,23)24/h3-6,8,14,16H,7,9-13,25H2,1-2H3. The van der Waals surface area contributed by atoms with Gasteiger partial charge in [-0.2, -0.15) is 13.2 Å². The Morgan fingerprint density at radius 1 is 1.30 bits per heavy atom. The Morgan fingerprint density at radius 2 is 2.00 bits per heavy atom. The summed E-state index contributed by atoms with van der Waals surface area (Å²) in [4.78, 5) is 15.0. The van der Waals surface area contributed by atoms with Crippen molar-refractivity contribution in [2.24, 2.45) is 17.1 Å². The van der Waals surface area contributed by atoms with Gasteiger partial charge in [0.25, 0.3) is 0 Å². The Labute approximate surface area is 158 Å². The van der Waals surface area contributed by atoms with Crippen LogP contribution in [0.2, 0.25) is 0 Å². The summed E-state index contributed by atoms with van der Waals surface area (Å²) in [5, 5.41) is 0. The van der Waals surface area contributed by atoms with E-state index in [1.807, 2.05) is 0 Å². The van der Waals surface area contributed by atoms with Gasteiger partial charge in [0.05, 0.1) is 11.0 Å². The molecule has 2 N–H and O–H groups in total. The first-order valence-corrected chi connectivity index (χ1v) is 9.56. The highest BCUT2D eigenvalue weighted by Gasteiger charge is 2.48. The molecule has 1 amide bonds. The highest BCUT2D eigenvalue weighted by molar-refractivity contribution is 5.85. The van der Waals surface area contributed by atoms with Crippen molar-refractivity contribution >= 4 is 11.5 Å². The van der Waals surface area contributed by atoms with Gasteiger partial charge in [-0.1, -0.05) is 38.1 Å². The summed E-state index contributed by atoms with van der Waals surface area (Å²) in [5.74, 6) is 0.291. The van der Waals surface area contributed by atoms with Crippen LogP contribution in [-0.4, -0.2) is 29.9 Å². The summed E-state index contributed by atoms with van der Waals surface area (Å²) in [7, 11) is 0. The van der Waals surface area contributed by atoms with E-state index in [2.05, 4.69) is 13.8 Å². The summed E-state index contributed by atoms with van der Waals surface area (Å²) in [6, 6.07) is 5.70. The van der Waals surface area contributed by atoms with E-state index in [9.17, 15) is 18.0 Å². The van der Waals surface area contributed by atoms with E-state index in [1.54, 1.807) is 17.0 Å². The molecule has 2 unspecified atom stereocenters. The van der Waals surface area contributed by atoms with Gasteiger partial charge < -0.3 is 10.6 Å². The van der Waals surface area contributed by atoms with Gasteiger partial charge in [0, 0.05) is 19.1 Å². The molecule has 148 valence electrons. The van der Waals surface area contributed by atoms with Crippen LogP contribution in [0, 0.1) is 11.3 Å². The van der Waals surface area contributed by atoms with Crippen LogP contribution < -0.4 is 5.73 Å². The second-order valence-electron chi connectivity index (χ2n) is 8.09. The molecule has 1 aromatic rings. The molecule has 0 aromatic heterocycles. The van der Waals surface area contributed by atoms with E-state index in [4.69, 9.17) is 5.73 Å². The molecule has 0 bridgehead atoms. The Bertz CT molecular complexity index is 741. The molecule has 2 atom stereocenters. The van der Waals surface area contributed by atoms with Gasteiger partial charge >= 0.3 is 6.18 Å². The lowest BCUT2D eigenvalue weighted by molar-refractivity contribution is -0.144. The van der Waals surface area contributed by atoms with Crippen LogP contribution in [0.25, 0.3) is 5.57 Å². The molecule has 1 heterocycles. The lowest BCUT2D eigenvalue weighted by atomic mass is 9.74. The average Bonchev–Trinajstić information content (AvgIpc) is 3.04. The molecule has 1 aromatic carbocycles. The molecule has 6 heteroatoms. The topological polar surface area (TPSA) is 46.3 Å². The molecule has 3 rings (SSSR count). The van der Waals surface area contributed by atoms with Crippen LogP contribution in [0.1, 0.15) is 50.7 Å². The second kappa shape index (κ2) is 7.30. The maximum atomic E-state index is 13.3. The zero-order valence-corrected chi connectivity index (χ0v) is 15.9. The van der Waals surface area contributed by atoms with E-state index < -0.39 is 17.2 Å². The van der Waals surface area contributed by atoms with Gasteiger partial charge in [0.15, 0.2) is 0 Å². The number of alkyl halides is 3. The molecule has 0 saturated heterocycles. The van der Waals surface area contributed by atoms with E-state index >= 15 is 0 Å². The molecule has 27 heavy (non-hydrogen) atoms. The highest BCUT2D eigenvalue weighted by Crippen LogP contribution is 2.46. The molecule has 2 aliphatic rings. The van der Waals surface area contributed by atoms with Gasteiger partial charge in [-0.15, -0.1) is 0 Å². The average molecular weight is 380 g/mol. The van der Waals surface area contributed by atoms with Crippen LogP contribution in [0.4, 0.5) is 13.2 Å². The molecular formula is C21H27F3N2O. The number of amides is 1. The highest BCUT2D eigenvalue weighted by atomic mass is 19.4. The summed E-state index contributed by atoms with van der Waals surface area (Å²) in [5.41, 5.74) is 5.91. The lowest BCUT2D eigenvalue weighted by Crippen LogP contribution is -2.47. The number of halogens is 3. The van der Waals surface area contributed by atoms with E-state index in [-0.39, 0.29) is 23.4 Å². The fourth-order valence-corrected chi connectivity index (χ4v) is 4.50. The Hall–Kier alpha value is -1.82. The number of benzene rings is 1. The third-order valence-electron chi connectivity index (χ3n) is 6.19. The number of hydrogen-bond donors (Lipinski definition) is 1.